The molecule has 146 valence electrons. The van der Waals surface area contributed by atoms with E-state index in [9.17, 15) is 4.79 Å². The number of rotatable bonds is 6. The van der Waals surface area contributed by atoms with Crippen molar-refractivity contribution in [1.29, 1.82) is 0 Å². The lowest BCUT2D eigenvalue weighted by atomic mass is 9.90. The van der Waals surface area contributed by atoms with Crippen LogP contribution in [0, 0.1) is 19.8 Å². The largest absolute Gasteiger partial charge is 0.346 e. The van der Waals surface area contributed by atoms with Crippen molar-refractivity contribution in [3.05, 3.63) is 47.4 Å². The minimum atomic E-state index is -0.404. The van der Waals surface area contributed by atoms with Crippen LogP contribution in [0.5, 0.6) is 0 Å². The van der Waals surface area contributed by atoms with Gasteiger partial charge in [0.2, 0.25) is 0 Å². The number of halogens is 2. The van der Waals surface area contributed by atoms with Gasteiger partial charge in [-0.15, -0.1) is 24.8 Å². The Morgan fingerprint density at radius 3 is 2.46 bits per heavy atom. The molecule has 26 heavy (non-hydrogen) atoms. The Kier molecular flexibility index (Phi) is 9.35. The first-order valence-electron chi connectivity index (χ1n) is 8.40. The Labute approximate surface area is 168 Å². The molecule has 3 N–H and O–H groups in total. The van der Waals surface area contributed by atoms with Gasteiger partial charge in [-0.3, -0.25) is 4.79 Å². The van der Waals surface area contributed by atoms with Gasteiger partial charge in [-0.2, -0.15) is 0 Å². The molecule has 2 aromatic heterocycles. The second-order valence-corrected chi connectivity index (χ2v) is 7.13. The number of nitrogens with zero attached hydrogens (tertiary/aromatic N) is 2. The third-order valence-electron chi connectivity index (χ3n) is 4.28. The molecule has 2 rings (SSSR count). The van der Waals surface area contributed by atoms with Gasteiger partial charge in [0.05, 0.1) is 5.56 Å². The number of amides is 1. The van der Waals surface area contributed by atoms with E-state index in [-0.39, 0.29) is 30.7 Å². The zero-order chi connectivity index (χ0) is 17.9. The summed E-state index contributed by atoms with van der Waals surface area (Å²) in [5, 5.41) is 3.13. The van der Waals surface area contributed by atoms with Gasteiger partial charge in [0.25, 0.3) is 5.91 Å². The van der Waals surface area contributed by atoms with Crippen molar-refractivity contribution in [2.24, 2.45) is 11.7 Å². The number of hydrogen-bond donors (Lipinski definition) is 2. The summed E-state index contributed by atoms with van der Waals surface area (Å²) in [6.07, 6.45) is 2.59. The third kappa shape index (κ3) is 5.47. The summed E-state index contributed by atoms with van der Waals surface area (Å²) in [5.74, 6) is 1.19. The molecule has 0 aliphatic rings. The summed E-state index contributed by atoms with van der Waals surface area (Å²) in [5.41, 5.74) is 8.04. The van der Waals surface area contributed by atoms with E-state index in [4.69, 9.17) is 5.73 Å². The molecule has 1 amide bonds. The van der Waals surface area contributed by atoms with Gasteiger partial charge in [-0.25, -0.2) is 4.98 Å². The van der Waals surface area contributed by atoms with E-state index in [1.54, 1.807) is 6.20 Å². The first-order valence-corrected chi connectivity index (χ1v) is 8.40. The van der Waals surface area contributed by atoms with E-state index >= 15 is 0 Å². The lowest BCUT2D eigenvalue weighted by Crippen LogP contribution is -2.52. The van der Waals surface area contributed by atoms with Crippen molar-refractivity contribution in [3.8, 4) is 5.82 Å². The third-order valence-corrected chi connectivity index (χ3v) is 4.28. The van der Waals surface area contributed by atoms with Gasteiger partial charge in [0.15, 0.2) is 0 Å². The highest BCUT2D eigenvalue weighted by Crippen LogP contribution is 2.21. The number of nitrogens with one attached hydrogen (secondary N) is 1. The van der Waals surface area contributed by atoms with Crippen molar-refractivity contribution >= 4 is 30.7 Å². The second kappa shape index (κ2) is 9.95. The lowest BCUT2D eigenvalue weighted by Gasteiger charge is -2.31. The van der Waals surface area contributed by atoms with Gasteiger partial charge in [0.1, 0.15) is 5.82 Å². The highest BCUT2D eigenvalue weighted by molar-refractivity contribution is 5.96. The number of pyridine rings is 1. The molecule has 1 atom stereocenters. The molecule has 5 nitrogen and oxygen atoms in total. The SMILES string of the molecule is Cc1cc(C(=O)NC(C)(CN)CC(C)C)c(C)n1-c1ccccn1.Cl.Cl. The van der Waals surface area contributed by atoms with Crippen LogP contribution in [0.1, 0.15) is 48.9 Å². The second-order valence-electron chi connectivity index (χ2n) is 7.13. The van der Waals surface area contributed by atoms with E-state index in [0.29, 0.717) is 18.0 Å². The summed E-state index contributed by atoms with van der Waals surface area (Å²) in [7, 11) is 0. The molecule has 0 aliphatic heterocycles. The summed E-state index contributed by atoms with van der Waals surface area (Å²) in [6.45, 7) is 10.6. The number of nitrogens with two attached hydrogens (primary N) is 1. The van der Waals surface area contributed by atoms with Crippen molar-refractivity contribution in [2.45, 2.75) is 46.6 Å². The van der Waals surface area contributed by atoms with Crippen LogP contribution in [-0.2, 0) is 0 Å². The monoisotopic (exact) mass is 400 g/mol. The first-order chi connectivity index (χ1) is 11.3. The lowest BCUT2D eigenvalue weighted by molar-refractivity contribution is 0.0897. The van der Waals surface area contributed by atoms with Gasteiger partial charge < -0.3 is 15.6 Å². The summed E-state index contributed by atoms with van der Waals surface area (Å²) in [6, 6.07) is 7.66. The van der Waals surface area contributed by atoms with Gasteiger partial charge in [-0.1, -0.05) is 19.9 Å². The highest BCUT2D eigenvalue weighted by atomic mass is 35.5. The topological polar surface area (TPSA) is 72.9 Å². The highest BCUT2D eigenvalue weighted by Gasteiger charge is 2.28. The molecule has 0 aromatic carbocycles. The minimum Gasteiger partial charge on any atom is -0.346 e. The molecular formula is C19H30Cl2N4O. The number of carbonyl (C=O) groups excluding carboxylic acids is 1. The van der Waals surface area contributed by atoms with Crippen LogP contribution >= 0.6 is 24.8 Å². The van der Waals surface area contributed by atoms with Crippen LogP contribution < -0.4 is 11.1 Å². The van der Waals surface area contributed by atoms with E-state index in [2.05, 4.69) is 24.1 Å². The molecule has 0 radical (unpaired) electrons. The number of carbonyl (C=O) groups is 1. The molecule has 2 heterocycles. The molecule has 0 saturated heterocycles. The Morgan fingerprint density at radius 2 is 1.96 bits per heavy atom. The van der Waals surface area contributed by atoms with Crippen LogP contribution in [0.2, 0.25) is 0 Å². The van der Waals surface area contributed by atoms with Gasteiger partial charge >= 0.3 is 0 Å². The van der Waals surface area contributed by atoms with Crippen LogP contribution in [0.3, 0.4) is 0 Å². The molecule has 0 bridgehead atoms. The predicted octanol–water partition coefficient (Wildman–Crippen LogP) is 3.83. The van der Waals surface area contributed by atoms with Crippen molar-refractivity contribution < 1.29 is 4.79 Å². The maximum absolute atomic E-state index is 12.8. The minimum absolute atomic E-state index is 0. The van der Waals surface area contributed by atoms with Gasteiger partial charge in [0, 0.05) is 29.7 Å². The summed E-state index contributed by atoms with van der Waals surface area (Å²) >= 11 is 0. The van der Waals surface area contributed by atoms with E-state index < -0.39 is 5.54 Å². The average molecular weight is 401 g/mol. The molecule has 0 fully saturated rings. The van der Waals surface area contributed by atoms with E-state index in [0.717, 1.165) is 23.6 Å². The van der Waals surface area contributed by atoms with Crippen molar-refractivity contribution in [2.75, 3.05) is 6.54 Å². The Hall–Kier alpha value is -1.56. The maximum Gasteiger partial charge on any atom is 0.253 e. The standard InChI is InChI=1S/C19H28N4O.2ClH/c1-13(2)11-19(5,12-20)22-18(24)16-10-14(3)23(15(16)4)17-8-6-7-9-21-17;;/h6-10,13H,11-12,20H2,1-5H3,(H,22,24);2*1H. The van der Waals surface area contributed by atoms with E-state index in [1.807, 2.05) is 49.6 Å². The molecule has 0 saturated carbocycles. The fourth-order valence-electron chi connectivity index (χ4n) is 3.26. The Morgan fingerprint density at radius 1 is 1.31 bits per heavy atom. The molecule has 7 heteroatoms. The normalized spacial score (nSPS) is 12.7. The first kappa shape index (κ1) is 24.4. The van der Waals surface area contributed by atoms with Crippen molar-refractivity contribution in [1.82, 2.24) is 14.9 Å². The van der Waals surface area contributed by atoms with Crippen molar-refractivity contribution in [3.63, 3.8) is 0 Å². The molecular weight excluding hydrogens is 371 g/mol. The summed E-state index contributed by atoms with van der Waals surface area (Å²) in [4.78, 5) is 17.2. The van der Waals surface area contributed by atoms with Crippen LogP contribution in [0.15, 0.2) is 30.5 Å². The molecule has 2 aromatic rings. The number of hydrogen-bond acceptors (Lipinski definition) is 3. The molecule has 0 spiro atoms. The summed E-state index contributed by atoms with van der Waals surface area (Å²) < 4.78 is 2.00. The zero-order valence-corrected chi connectivity index (χ0v) is 17.7. The van der Waals surface area contributed by atoms with Crippen LogP contribution in [0.25, 0.3) is 5.82 Å². The number of aromatic nitrogens is 2. The quantitative estimate of drug-likeness (QED) is 0.773. The van der Waals surface area contributed by atoms with Gasteiger partial charge in [-0.05, 0) is 51.3 Å². The fourth-order valence-corrected chi connectivity index (χ4v) is 3.26. The fraction of sp³-hybridized carbons (Fsp3) is 0.474. The Balaban J connectivity index is 0.00000312. The maximum atomic E-state index is 12.8. The zero-order valence-electron chi connectivity index (χ0n) is 16.1. The predicted molar refractivity (Wildman–Crippen MR) is 112 cm³/mol. The average Bonchev–Trinajstić information content (AvgIpc) is 2.82. The number of aryl methyl sites for hydroxylation is 1. The molecule has 1 unspecified atom stereocenters. The van der Waals surface area contributed by atoms with E-state index in [1.165, 1.54) is 0 Å². The van der Waals surface area contributed by atoms with Crippen LogP contribution in [-0.4, -0.2) is 27.5 Å². The Bertz CT molecular complexity index is 716. The van der Waals surface area contributed by atoms with Crippen LogP contribution in [0.4, 0.5) is 0 Å². The molecule has 0 aliphatic carbocycles. The smallest absolute Gasteiger partial charge is 0.253 e.